The predicted octanol–water partition coefficient (Wildman–Crippen LogP) is 1.43. The van der Waals surface area contributed by atoms with Gasteiger partial charge in [0.2, 0.25) is 5.91 Å². The van der Waals surface area contributed by atoms with Crippen molar-refractivity contribution in [1.29, 1.82) is 0 Å². The Hall–Kier alpha value is -3.99. The van der Waals surface area contributed by atoms with Gasteiger partial charge >= 0.3 is 0 Å². The fourth-order valence-corrected chi connectivity index (χ4v) is 5.22. The van der Waals surface area contributed by atoms with Crippen LogP contribution in [0.25, 0.3) is 0 Å². The van der Waals surface area contributed by atoms with E-state index in [1.165, 1.54) is 6.92 Å². The summed E-state index contributed by atoms with van der Waals surface area (Å²) in [5, 5.41) is 19.9. The van der Waals surface area contributed by atoms with Crippen LogP contribution in [0.4, 0.5) is 5.69 Å². The summed E-state index contributed by atoms with van der Waals surface area (Å²) in [4.78, 5) is 53.6. The monoisotopic (exact) mass is 506 g/mol. The number of amides is 4. The molecule has 11 nitrogen and oxygen atoms in total. The first-order valence-electron chi connectivity index (χ1n) is 12.5. The predicted molar refractivity (Wildman–Crippen MR) is 133 cm³/mol. The van der Waals surface area contributed by atoms with E-state index in [4.69, 9.17) is 0 Å². The molecule has 2 aromatic rings. The van der Waals surface area contributed by atoms with Gasteiger partial charge in [-0.2, -0.15) is 5.10 Å². The van der Waals surface area contributed by atoms with E-state index in [1.807, 2.05) is 10.9 Å². The van der Waals surface area contributed by atoms with Gasteiger partial charge in [0.25, 0.3) is 17.7 Å². The van der Waals surface area contributed by atoms with Crippen LogP contribution in [0, 0.1) is 0 Å². The minimum Gasteiger partial charge on any atom is -0.384 e. The van der Waals surface area contributed by atoms with Gasteiger partial charge in [0.15, 0.2) is 0 Å². The molecule has 5 rings (SSSR count). The lowest BCUT2D eigenvalue weighted by Crippen LogP contribution is -2.51. The van der Waals surface area contributed by atoms with E-state index >= 15 is 0 Å². The molecule has 3 N–H and O–H groups in total. The number of carbonyl (C=O) groups is 4. The summed E-state index contributed by atoms with van der Waals surface area (Å²) >= 11 is 0. The smallest absolute Gasteiger partial charge is 0.264 e. The van der Waals surface area contributed by atoms with Crippen molar-refractivity contribution in [1.82, 2.24) is 24.9 Å². The molecule has 0 radical (unpaired) electrons. The lowest BCUT2D eigenvalue weighted by atomic mass is 10.0. The van der Waals surface area contributed by atoms with E-state index < -0.39 is 29.9 Å². The zero-order chi connectivity index (χ0) is 26.3. The van der Waals surface area contributed by atoms with Gasteiger partial charge in [0, 0.05) is 42.8 Å². The molecule has 1 aromatic heterocycles. The third-order valence-electron chi connectivity index (χ3n) is 7.23. The molecule has 1 unspecified atom stereocenters. The molecule has 2 atom stereocenters. The number of hydrogen-bond donors (Lipinski definition) is 3. The first kappa shape index (κ1) is 24.7. The quantitative estimate of drug-likeness (QED) is 0.504. The lowest BCUT2D eigenvalue weighted by Gasteiger charge is -2.32. The molecule has 4 amide bonds. The number of nitrogens with one attached hydrogen (secondary N) is 2. The minimum absolute atomic E-state index is 0.151. The summed E-state index contributed by atoms with van der Waals surface area (Å²) in [5.41, 5.74) is 2.56. The molecule has 1 aromatic carbocycles. The average molecular weight is 507 g/mol. The number of imide groups is 1. The number of nitrogens with zero attached hydrogens (tertiary/aromatic N) is 4. The Balaban J connectivity index is 1.24. The summed E-state index contributed by atoms with van der Waals surface area (Å²) in [5.74, 6) is -1.59. The van der Waals surface area contributed by atoms with Crippen molar-refractivity contribution in [3.63, 3.8) is 0 Å². The van der Waals surface area contributed by atoms with Gasteiger partial charge in [0.1, 0.15) is 12.1 Å². The highest BCUT2D eigenvalue weighted by Crippen LogP contribution is 2.33. The van der Waals surface area contributed by atoms with Gasteiger partial charge in [-0.15, -0.1) is 0 Å². The Morgan fingerprint density at radius 2 is 1.97 bits per heavy atom. The molecule has 0 saturated carbocycles. The van der Waals surface area contributed by atoms with Gasteiger partial charge in [-0.1, -0.05) is 12.6 Å². The molecule has 11 heteroatoms. The van der Waals surface area contributed by atoms with Gasteiger partial charge in [-0.3, -0.25) is 28.8 Å². The Labute approximate surface area is 214 Å². The number of aliphatic hydroxyl groups excluding tert-OH is 1. The van der Waals surface area contributed by atoms with Crippen LogP contribution in [0.15, 0.2) is 42.9 Å². The summed E-state index contributed by atoms with van der Waals surface area (Å²) in [6, 6.07) is 4.36. The molecule has 0 bridgehead atoms. The number of carbonyl (C=O) groups excluding carboxylic acids is 4. The van der Waals surface area contributed by atoms with Gasteiger partial charge < -0.3 is 20.6 Å². The number of aliphatic hydroxyl groups is 1. The van der Waals surface area contributed by atoms with E-state index in [9.17, 15) is 24.3 Å². The van der Waals surface area contributed by atoms with Crippen molar-refractivity contribution in [2.24, 2.45) is 0 Å². The van der Waals surface area contributed by atoms with Crippen LogP contribution in [-0.2, 0) is 16.1 Å². The van der Waals surface area contributed by atoms with Crippen molar-refractivity contribution in [3.8, 4) is 0 Å². The summed E-state index contributed by atoms with van der Waals surface area (Å²) in [6.45, 7) is 6.76. The Morgan fingerprint density at radius 3 is 2.68 bits per heavy atom. The van der Waals surface area contributed by atoms with Crippen molar-refractivity contribution in [3.05, 3.63) is 59.6 Å². The van der Waals surface area contributed by atoms with E-state index in [0.29, 0.717) is 43.9 Å². The molecule has 4 heterocycles. The topological polar surface area (TPSA) is 137 Å². The fourth-order valence-electron chi connectivity index (χ4n) is 5.22. The van der Waals surface area contributed by atoms with Crippen LogP contribution in [0.3, 0.4) is 0 Å². The molecular weight excluding hydrogens is 476 g/mol. The maximum atomic E-state index is 13.3. The minimum atomic E-state index is -0.993. The number of aromatic nitrogens is 2. The van der Waals surface area contributed by atoms with E-state index in [2.05, 4.69) is 22.3 Å². The molecule has 0 spiro atoms. The van der Waals surface area contributed by atoms with Crippen LogP contribution in [0.2, 0.25) is 0 Å². The summed E-state index contributed by atoms with van der Waals surface area (Å²) < 4.78 is 1.89. The maximum absolute atomic E-state index is 13.3. The second kappa shape index (κ2) is 9.81. The number of fused-ring (bicyclic) bond motifs is 1. The van der Waals surface area contributed by atoms with Crippen molar-refractivity contribution in [2.75, 3.05) is 18.4 Å². The SMILES string of the molecule is C=C1CCC(N2C(=O)c3cccc(NCc4cnn(C5CCN(C(=O)[C@@H](C)O)CC5)c4)c3C2=O)C(=O)N1. The summed E-state index contributed by atoms with van der Waals surface area (Å²) in [6.07, 6.45) is 5.04. The number of rotatable bonds is 6. The highest BCUT2D eigenvalue weighted by Gasteiger charge is 2.45. The van der Waals surface area contributed by atoms with E-state index in [-0.39, 0.29) is 23.1 Å². The number of piperidine rings is 2. The number of benzene rings is 1. The Kier molecular flexibility index (Phi) is 6.55. The molecule has 194 valence electrons. The first-order chi connectivity index (χ1) is 17.7. The molecule has 2 saturated heterocycles. The highest BCUT2D eigenvalue weighted by molar-refractivity contribution is 6.25. The fraction of sp³-hybridized carbons (Fsp3) is 0.423. The Morgan fingerprint density at radius 1 is 1.22 bits per heavy atom. The van der Waals surface area contributed by atoms with Crippen molar-refractivity contribution in [2.45, 2.75) is 57.3 Å². The molecule has 37 heavy (non-hydrogen) atoms. The largest absolute Gasteiger partial charge is 0.384 e. The van der Waals surface area contributed by atoms with E-state index in [1.54, 1.807) is 29.3 Å². The molecular formula is C26H30N6O5. The van der Waals surface area contributed by atoms with Crippen LogP contribution < -0.4 is 10.6 Å². The lowest BCUT2D eigenvalue weighted by molar-refractivity contribution is -0.140. The third-order valence-corrected chi connectivity index (χ3v) is 7.23. The molecule has 0 aliphatic carbocycles. The molecule has 3 aliphatic heterocycles. The normalized spacial score (nSPS) is 21.2. The standard InChI is InChI=1S/C26H30N6O5/c1-15-6-7-21(23(34)29-15)32-25(36)19-4-3-5-20(22(19)26(32)37)27-12-17-13-28-31(14-17)18-8-10-30(11-9-18)24(35)16(2)33/h3-5,13-14,16,18,21,27,33H,1,6-12H2,2H3,(H,29,34)/t16-,21?/m1/s1. The zero-order valence-corrected chi connectivity index (χ0v) is 20.6. The second-order valence-corrected chi connectivity index (χ2v) is 9.77. The molecule has 3 aliphatic rings. The summed E-state index contributed by atoms with van der Waals surface area (Å²) in [7, 11) is 0. The van der Waals surface area contributed by atoms with Crippen LogP contribution >= 0.6 is 0 Å². The van der Waals surface area contributed by atoms with E-state index in [0.717, 1.165) is 23.3 Å². The number of allylic oxidation sites excluding steroid dienone is 1. The maximum Gasteiger partial charge on any atom is 0.264 e. The first-order valence-corrected chi connectivity index (χ1v) is 12.5. The third kappa shape index (κ3) is 4.62. The van der Waals surface area contributed by atoms with Crippen molar-refractivity contribution < 1.29 is 24.3 Å². The van der Waals surface area contributed by atoms with Gasteiger partial charge in [-0.25, -0.2) is 0 Å². The van der Waals surface area contributed by atoms with Crippen LogP contribution in [-0.4, -0.2) is 73.6 Å². The zero-order valence-electron chi connectivity index (χ0n) is 20.6. The highest BCUT2D eigenvalue weighted by atomic mass is 16.3. The van der Waals surface area contributed by atoms with Gasteiger partial charge in [0.05, 0.1) is 23.4 Å². The Bertz CT molecular complexity index is 1280. The number of hydrogen-bond acceptors (Lipinski definition) is 7. The van der Waals surface area contributed by atoms with Crippen molar-refractivity contribution >= 4 is 29.3 Å². The molecule has 2 fully saturated rings. The van der Waals surface area contributed by atoms with Crippen LogP contribution in [0.5, 0.6) is 0 Å². The number of anilines is 1. The van der Waals surface area contributed by atoms with Gasteiger partial charge in [-0.05, 0) is 44.7 Å². The average Bonchev–Trinajstić information content (AvgIpc) is 3.46. The number of likely N-dealkylation sites (tertiary alicyclic amines) is 1. The second-order valence-electron chi connectivity index (χ2n) is 9.77. The van der Waals surface area contributed by atoms with Crippen LogP contribution in [0.1, 0.15) is 64.9 Å².